The van der Waals surface area contributed by atoms with Gasteiger partial charge in [0.1, 0.15) is 5.69 Å². The van der Waals surface area contributed by atoms with E-state index in [0.29, 0.717) is 59.3 Å². The summed E-state index contributed by atoms with van der Waals surface area (Å²) in [6.07, 6.45) is 4.44. The zero-order valence-electron chi connectivity index (χ0n) is 24.2. The van der Waals surface area contributed by atoms with Crippen LogP contribution in [0.5, 0.6) is 0 Å². The van der Waals surface area contributed by atoms with Gasteiger partial charge in [0.2, 0.25) is 0 Å². The largest absolute Gasteiger partial charge is 0.461 e. The first-order valence-electron chi connectivity index (χ1n) is 13.4. The molecule has 0 unspecified atom stereocenters. The summed E-state index contributed by atoms with van der Waals surface area (Å²) < 4.78 is 13.9. The van der Waals surface area contributed by atoms with Crippen molar-refractivity contribution < 1.29 is 19.1 Å². The maximum absolute atomic E-state index is 12.2. The number of hydrogen-bond donors (Lipinski definition) is 0. The van der Waals surface area contributed by atoms with E-state index in [0.717, 1.165) is 3.57 Å². The quantitative estimate of drug-likeness (QED) is 0.124. The smallest absolute Gasteiger partial charge is 0.359 e. The van der Waals surface area contributed by atoms with E-state index < -0.39 is 11.9 Å². The van der Waals surface area contributed by atoms with Crippen LogP contribution in [-0.4, -0.2) is 54.3 Å². The molecular weight excluding hydrogens is 848 g/mol. The van der Waals surface area contributed by atoms with Gasteiger partial charge in [0, 0.05) is 41.4 Å². The van der Waals surface area contributed by atoms with Crippen LogP contribution in [0.3, 0.4) is 0 Å². The third-order valence-electron chi connectivity index (χ3n) is 5.65. The molecule has 2 aromatic carbocycles. The second-order valence-corrected chi connectivity index (χ2v) is 12.9. The molecule has 0 N–H and O–H groups in total. The molecule has 0 saturated heterocycles. The van der Waals surface area contributed by atoms with E-state index in [4.69, 9.17) is 79.1 Å². The molecule has 0 saturated carbocycles. The van der Waals surface area contributed by atoms with Crippen molar-refractivity contribution in [2.45, 2.75) is 13.8 Å². The fourth-order valence-corrected chi connectivity index (χ4v) is 6.26. The van der Waals surface area contributed by atoms with Crippen LogP contribution < -0.4 is 0 Å². The van der Waals surface area contributed by atoms with E-state index in [9.17, 15) is 9.59 Å². The lowest BCUT2D eigenvalue weighted by Crippen LogP contribution is -2.07. The Bertz CT molecular complexity index is 2000. The second-order valence-electron chi connectivity index (χ2n) is 9.04. The number of halogens is 7. The van der Waals surface area contributed by atoms with Crippen LogP contribution in [0.2, 0.25) is 30.1 Å². The van der Waals surface area contributed by atoms with Crippen LogP contribution >= 0.6 is 92.2 Å². The molecule has 17 heteroatoms. The minimum Gasteiger partial charge on any atom is -0.461 e. The van der Waals surface area contributed by atoms with Gasteiger partial charge < -0.3 is 9.47 Å². The summed E-state index contributed by atoms with van der Waals surface area (Å²) in [6, 6.07) is 13.6. The molecule has 0 amide bonds. The molecule has 0 atom stereocenters. The lowest BCUT2D eigenvalue weighted by atomic mass is 10.1. The topological polar surface area (TPSA) is 113 Å². The van der Waals surface area contributed by atoms with Gasteiger partial charge in [-0.3, -0.25) is 0 Å². The molecule has 0 aliphatic carbocycles. The minimum atomic E-state index is -0.555. The molecule has 10 nitrogen and oxygen atoms in total. The number of esters is 2. The molecule has 47 heavy (non-hydrogen) atoms. The van der Waals surface area contributed by atoms with Gasteiger partial charge in [-0.05, 0) is 72.8 Å². The summed E-state index contributed by atoms with van der Waals surface area (Å²) in [6.45, 7) is 4.01. The molecule has 244 valence electrons. The van der Waals surface area contributed by atoms with E-state index in [1.165, 1.54) is 27.6 Å². The highest BCUT2D eigenvalue weighted by Gasteiger charge is 2.23. The molecule has 0 bridgehead atoms. The van der Waals surface area contributed by atoms with Gasteiger partial charge in [0.25, 0.3) is 0 Å². The van der Waals surface area contributed by atoms with Crippen LogP contribution in [0.25, 0.3) is 22.6 Å². The van der Waals surface area contributed by atoms with Gasteiger partial charge in [-0.15, -0.1) is 0 Å². The molecule has 0 aliphatic heterocycles. The number of carbonyl (C=O) groups excluding carboxylic acids is 2. The maximum atomic E-state index is 12.2. The number of fused-ring (bicyclic) bond motifs is 2. The number of ether oxygens (including phenoxy) is 2. The van der Waals surface area contributed by atoms with Crippen LogP contribution in [-0.2, 0) is 9.47 Å². The molecule has 6 aromatic rings. The van der Waals surface area contributed by atoms with E-state index in [1.54, 1.807) is 50.2 Å². The molecule has 6 rings (SSSR count). The normalized spacial score (nSPS) is 10.6. The Morgan fingerprint density at radius 3 is 1.79 bits per heavy atom. The number of imidazole rings is 2. The molecular formula is C30H21Cl6IN6O4. The Labute approximate surface area is 311 Å². The zero-order chi connectivity index (χ0) is 34.2. The number of aromatic nitrogens is 6. The molecule has 0 spiro atoms. The first-order valence-corrected chi connectivity index (χ1v) is 16.7. The zero-order valence-corrected chi connectivity index (χ0v) is 30.9. The van der Waals surface area contributed by atoms with Gasteiger partial charge >= 0.3 is 11.9 Å². The molecule has 0 aliphatic rings. The molecule has 4 heterocycles. The molecule has 0 radical (unpaired) electrons. The van der Waals surface area contributed by atoms with Gasteiger partial charge in [-0.1, -0.05) is 69.6 Å². The third kappa shape index (κ3) is 10.0. The number of hydrogen-bond acceptors (Lipinski definition) is 8. The Morgan fingerprint density at radius 2 is 1.21 bits per heavy atom. The third-order valence-corrected chi connectivity index (χ3v) is 7.56. The summed E-state index contributed by atoms with van der Waals surface area (Å²) in [5, 5.41) is 11.3. The minimum absolute atomic E-state index is 0.125. The van der Waals surface area contributed by atoms with Crippen molar-refractivity contribution in [2.75, 3.05) is 13.2 Å². The van der Waals surface area contributed by atoms with Crippen LogP contribution in [0.4, 0.5) is 0 Å². The highest BCUT2D eigenvalue weighted by Crippen LogP contribution is 2.31. The van der Waals surface area contributed by atoms with Gasteiger partial charge in [0.05, 0.1) is 41.8 Å². The second kappa shape index (κ2) is 17.0. The summed E-state index contributed by atoms with van der Waals surface area (Å²) in [5.74, 6) is -1.01. The Morgan fingerprint density at radius 1 is 0.681 bits per heavy atom. The SMILES string of the molecule is CCOC(=O)c1cn2ncc(Cl)cc2n1.CCOC(=O)c1nc2cc(Cl)cnn2c1-c1cc(Cl)cc(Cl)c1.Clc1cc(Cl)cc(I)c1. The van der Waals surface area contributed by atoms with Crippen LogP contribution in [0.1, 0.15) is 34.8 Å². The Balaban J connectivity index is 0.000000178. The van der Waals surface area contributed by atoms with Gasteiger partial charge in [-0.2, -0.15) is 10.2 Å². The van der Waals surface area contributed by atoms with Crippen molar-refractivity contribution in [3.63, 3.8) is 0 Å². The van der Waals surface area contributed by atoms with E-state index in [2.05, 4.69) is 42.8 Å². The van der Waals surface area contributed by atoms with Crippen molar-refractivity contribution in [2.24, 2.45) is 0 Å². The molecule has 0 fully saturated rings. The fourth-order valence-electron chi connectivity index (χ4n) is 3.88. The lowest BCUT2D eigenvalue weighted by Gasteiger charge is -2.06. The van der Waals surface area contributed by atoms with Crippen LogP contribution in [0.15, 0.2) is 67.1 Å². The predicted octanol–water partition coefficient (Wildman–Crippen LogP) is 9.69. The summed E-state index contributed by atoms with van der Waals surface area (Å²) in [7, 11) is 0. The number of benzene rings is 2. The average Bonchev–Trinajstić information content (AvgIpc) is 3.58. The van der Waals surface area contributed by atoms with Crippen molar-refractivity contribution >= 4 is 115 Å². The fraction of sp³-hybridized carbons (Fsp3) is 0.133. The van der Waals surface area contributed by atoms with Crippen molar-refractivity contribution in [1.29, 1.82) is 0 Å². The number of rotatable bonds is 5. The monoisotopic (exact) mass is 866 g/mol. The number of carbonyl (C=O) groups is 2. The van der Waals surface area contributed by atoms with Gasteiger partial charge in [0.15, 0.2) is 22.7 Å². The van der Waals surface area contributed by atoms with Crippen molar-refractivity contribution in [3.8, 4) is 11.3 Å². The van der Waals surface area contributed by atoms with E-state index >= 15 is 0 Å². The van der Waals surface area contributed by atoms with Crippen LogP contribution in [0, 0.1) is 3.57 Å². The maximum Gasteiger partial charge on any atom is 0.359 e. The molecule has 4 aromatic heterocycles. The van der Waals surface area contributed by atoms with Gasteiger partial charge in [-0.25, -0.2) is 28.6 Å². The van der Waals surface area contributed by atoms with Crippen molar-refractivity contribution in [3.05, 3.63) is 112 Å². The van der Waals surface area contributed by atoms with E-state index in [-0.39, 0.29) is 18.0 Å². The first kappa shape index (κ1) is 36.9. The Kier molecular flexibility index (Phi) is 13.3. The number of nitrogens with zero attached hydrogens (tertiary/aromatic N) is 6. The summed E-state index contributed by atoms with van der Waals surface area (Å²) in [4.78, 5) is 31.9. The van der Waals surface area contributed by atoms with Crippen molar-refractivity contribution in [1.82, 2.24) is 29.2 Å². The van der Waals surface area contributed by atoms with E-state index in [1.807, 2.05) is 12.1 Å². The standard InChI is InChI=1S/C15H10Cl3N3O2.C9H8ClN3O2.C6H3Cl2I/c1-2-23-15(22)13-14(8-3-9(16)5-10(17)4-8)21-12(20-13)6-11(18)7-19-21;1-2-15-9(14)7-5-13-8(12-7)3-6(10)4-11-13;7-4-1-5(8)3-6(9)2-4/h3-7H,2H2,1H3;3-5H,2H2,1H3;1-3H. The summed E-state index contributed by atoms with van der Waals surface area (Å²) >= 11 is 37.3. The lowest BCUT2D eigenvalue weighted by molar-refractivity contribution is 0.0511. The first-order chi connectivity index (χ1) is 22.4. The Hall–Kier alpha value is -2.91. The average molecular weight is 869 g/mol. The highest BCUT2D eigenvalue weighted by atomic mass is 127. The predicted molar refractivity (Wildman–Crippen MR) is 193 cm³/mol. The highest BCUT2D eigenvalue weighted by molar-refractivity contribution is 14.1. The summed E-state index contributed by atoms with van der Waals surface area (Å²) in [5.41, 5.74) is 2.34.